The standard InChI is InChI=1S/2C8H15N2.Ni/c2*1-7(2)5-9-6-10-8(3)4;/h2*5-6,8H,1-4H3;/q2*-1;+2. The molecule has 0 aromatic carbocycles. The molecule has 0 aromatic heterocycles. The summed E-state index contributed by atoms with van der Waals surface area (Å²) in [5.41, 5.74) is 2.38. The summed E-state index contributed by atoms with van der Waals surface area (Å²) in [6, 6.07) is 0.717. The van der Waals surface area contributed by atoms with E-state index in [-0.39, 0.29) is 0 Å². The molecule has 0 bridgehead atoms. The molecule has 0 unspecified atom stereocenters. The van der Waals surface area contributed by atoms with Crippen LogP contribution in [0.3, 0.4) is 0 Å². The summed E-state index contributed by atoms with van der Waals surface area (Å²) >= 11 is 1.41. The maximum atomic E-state index is 4.35. The van der Waals surface area contributed by atoms with E-state index in [4.69, 9.17) is 0 Å². The van der Waals surface area contributed by atoms with Crippen molar-refractivity contribution in [3.05, 3.63) is 23.5 Å². The molecule has 0 N–H and O–H groups in total. The van der Waals surface area contributed by atoms with Gasteiger partial charge in [-0.05, 0) is 0 Å². The van der Waals surface area contributed by atoms with Crippen LogP contribution in [0.25, 0.3) is 0 Å². The predicted molar refractivity (Wildman–Crippen MR) is 89.8 cm³/mol. The summed E-state index contributed by atoms with van der Waals surface area (Å²) in [6.07, 6.45) is 7.50. The van der Waals surface area contributed by atoms with Crippen molar-refractivity contribution in [3.8, 4) is 0 Å². The van der Waals surface area contributed by atoms with Gasteiger partial charge in [-0.15, -0.1) is 0 Å². The Morgan fingerprint density at radius 1 is 0.762 bits per heavy atom. The van der Waals surface area contributed by atoms with Crippen molar-refractivity contribution in [2.24, 2.45) is 9.98 Å². The molecule has 0 heterocycles. The molecule has 4 nitrogen and oxygen atoms in total. The Morgan fingerprint density at radius 3 is 1.33 bits per heavy atom. The minimum absolute atomic E-state index is 0.359. The molecule has 0 fully saturated rings. The zero-order valence-corrected chi connectivity index (χ0v) is 15.6. The molecule has 0 atom stereocenters. The normalized spacial score (nSPS) is 11.7. The van der Waals surface area contributed by atoms with Crippen LogP contribution < -0.4 is 0 Å². The first-order valence-corrected chi connectivity index (χ1v) is 8.12. The van der Waals surface area contributed by atoms with Crippen molar-refractivity contribution in [1.29, 1.82) is 0 Å². The quantitative estimate of drug-likeness (QED) is 0.377. The van der Waals surface area contributed by atoms with Crippen molar-refractivity contribution in [2.45, 2.75) is 67.5 Å². The number of allylic oxidation sites excluding steroid dienone is 2. The Balaban J connectivity index is 4.91. The van der Waals surface area contributed by atoms with Crippen LogP contribution in [0.4, 0.5) is 0 Å². The first-order chi connectivity index (χ1) is 9.73. The molecule has 0 aliphatic rings. The predicted octanol–water partition coefficient (Wildman–Crippen LogP) is 4.22. The molecule has 0 saturated heterocycles. The molecule has 0 rings (SSSR count). The van der Waals surface area contributed by atoms with Gasteiger partial charge in [-0.1, -0.05) is 0 Å². The first-order valence-electron chi connectivity index (χ1n) is 7.24. The van der Waals surface area contributed by atoms with Crippen molar-refractivity contribution >= 4 is 12.7 Å². The van der Waals surface area contributed by atoms with Crippen molar-refractivity contribution in [2.75, 3.05) is 0 Å². The summed E-state index contributed by atoms with van der Waals surface area (Å²) in [5.74, 6) is 0. The van der Waals surface area contributed by atoms with Crippen molar-refractivity contribution in [3.63, 3.8) is 0 Å². The van der Waals surface area contributed by atoms with E-state index in [0.29, 0.717) is 12.1 Å². The van der Waals surface area contributed by atoms with E-state index in [1.54, 1.807) is 0 Å². The van der Waals surface area contributed by atoms with Crippen LogP contribution in [0.5, 0.6) is 0 Å². The Kier molecular flexibility index (Phi) is 10.1. The second kappa shape index (κ2) is 10.6. The van der Waals surface area contributed by atoms with Crippen molar-refractivity contribution < 1.29 is 14.9 Å². The molecule has 0 radical (unpaired) electrons. The third-order valence-corrected chi connectivity index (χ3v) is 3.78. The van der Waals surface area contributed by atoms with Gasteiger partial charge in [0.25, 0.3) is 0 Å². The van der Waals surface area contributed by atoms with E-state index in [2.05, 4.69) is 45.6 Å². The van der Waals surface area contributed by atoms with E-state index in [0.717, 1.165) is 0 Å². The molecule has 0 spiro atoms. The number of hydrogen-bond donors (Lipinski definition) is 0. The van der Waals surface area contributed by atoms with Gasteiger partial charge in [0, 0.05) is 0 Å². The Labute approximate surface area is 136 Å². The molecule has 5 heteroatoms. The van der Waals surface area contributed by atoms with E-state index < -0.39 is 0 Å². The number of hydrogen-bond acceptors (Lipinski definition) is 2. The van der Waals surface area contributed by atoms with Gasteiger partial charge >= 0.3 is 137 Å². The fourth-order valence-electron chi connectivity index (χ4n) is 1.01. The summed E-state index contributed by atoms with van der Waals surface area (Å²) in [7, 11) is 0. The van der Waals surface area contributed by atoms with E-state index in [1.807, 2.05) is 52.8 Å². The Bertz CT molecular complexity index is 363. The molecule has 0 saturated carbocycles. The molecule has 0 amide bonds. The van der Waals surface area contributed by atoms with E-state index in [9.17, 15) is 0 Å². The van der Waals surface area contributed by atoms with Crippen LogP contribution in [0.15, 0.2) is 33.5 Å². The minimum atomic E-state index is 0.359. The van der Waals surface area contributed by atoms with Gasteiger partial charge < -0.3 is 0 Å². The average Bonchev–Trinajstić information content (AvgIpc) is 2.34. The second-order valence-electron chi connectivity index (χ2n) is 5.82. The number of rotatable bonds is 8. The van der Waals surface area contributed by atoms with Gasteiger partial charge in [0.15, 0.2) is 0 Å². The van der Waals surface area contributed by atoms with Crippen LogP contribution in [-0.4, -0.2) is 32.7 Å². The van der Waals surface area contributed by atoms with Gasteiger partial charge in [0.1, 0.15) is 0 Å². The summed E-state index contributed by atoms with van der Waals surface area (Å²) in [4.78, 5) is 8.71. The fraction of sp³-hybridized carbons (Fsp3) is 0.625. The summed E-state index contributed by atoms with van der Waals surface area (Å²) < 4.78 is 4.28. The zero-order valence-electron chi connectivity index (χ0n) is 14.6. The molecule has 0 aliphatic heterocycles. The molecule has 0 aliphatic carbocycles. The van der Waals surface area contributed by atoms with E-state index >= 15 is 0 Å². The maximum absolute atomic E-state index is 4.35. The van der Waals surface area contributed by atoms with Gasteiger partial charge in [-0.3, -0.25) is 0 Å². The van der Waals surface area contributed by atoms with Gasteiger partial charge in [-0.25, -0.2) is 0 Å². The van der Waals surface area contributed by atoms with Crippen molar-refractivity contribution in [1.82, 2.24) is 7.96 Å². The summed E-state index contributed by atoms with van der Waals surface area (Å²) in [5, 5.41) is 0. The van der Waals surface area contributed by atoms with Gasteiger partial charge in [-0.2, -0.15) is 0 Å². The van der Waals surface area contributed by atoms with Crippen LogP contribution in [0.2, 0.25) is 0 Å². The van der Waals surface area contributed by atoms with Crippen LogP contribution in [0, 0.1) is 0 Å². The summed E-state index contributed by atoms with van der Waals surface area (Å²) in [6.45, 7) is 16.8. The third kappa shape index (κ3) is 10.3. The number of nitrogens with zero attached hydrogens (tertiary/aromatic N) is 4. The second-order valence-corrected chi connectivity index (χ2v) is 7.03. The first kappa shape index (κ1) is 19.9. The molecular formula is C16H30N4Ni. The van der Waals surface area contributed by atoms with Gasteiger partial charge in [0.05, 0.1) is 0 Å². The zero-order chi connectivity index (χ0) is 16.4. The molecule has 21 heavy (non-hydrogen) atoms. The molecule has 124 valence electrons. The van der Waals surface area contributed by atoms with Crippen LogP contribution in [-0.2, 0) is 14.9 Å². The monoisotopic (exact) mass is 336 g/mol. The van der Waals surface area contributed by atoms with Gasteiger partial charge in [0.2, 0.25) is 0 Å². The average molecular weight is 337 g/mol. The fourth-order valence-corrected chi connectivity index (χ4v) is 1.97. The molecule has 0 aromatic rings. The Hall–Kier alpha value is -1.09. The van der Waals surface area contributed by atoms with Crippen LogP contribution in [0.1, 0.15) is 55.4 Å². The Morgan fingerprint density at radius 2 is 1.10 bits per heavy atom. The van der Waals surface area contributed by atoms with Crippen LogP contribution >= 0.6 is 0 Å². The number of aliphatic imine (C=N–C) groups is 2. The third-order valence-electron chi connectivity index (χ3n) is 2.07. The SMILES string of the molecule is CC(C)=CN=C[N]([Ni][N](C=NC=C(C)C)C(C)C)C(C)C. The topological polar surface area (TPSA) is 31.2 Å². The molecular weight excluding hydrogens is 307 g/mol. The van der Waals surface area contributed by atoms with E-state index in [1.165, 1.54) is 26.0 Å².